The number of hydrogen-bond acceptors (Lipinski definition) is 5. The number of rotatable bonds is 6. The van der Waals surface area contributed by atoms with Crippen molar-refractivity contribution in [2.24, 2.45) is 21.5 Å². The second-order valence-electron chi connectivity index (χ2n) is 6.10. The van der Waals surface area contributed by atoms with Gasteiger partial charge in [-0.1, -0.05) is 13.2 Å². The van der Waals surface area contributed by atoms with Crippen molar-refractivity contribution in [2.45, 2.75) is 13.8 Å². The van der Waals surface area contributed by atoms with Crippen LogP contribution in [0.5, 0.6) is 0 Å². The molecule has 0 fully saturated rings. The van der Waals surface area contributed by atoms with Crippen LogP contribution in [0.4, 0.5) is 0 Å². The molecule has 1 aliphatic rings. The molecule has 26 heavy (non-hydrogen) atoms. The number of allylic oxidation sites excluding steroid dienone is 4. The minimum atomic E-state index is 0.507. The molecule has 1 rings (SSSR count). The molecule has 1 heterocycles. The molecule has 0 aromatic heterocycles. The predicted molar refractivity (Wildman–Crippen MR) is 113 cm³/mol. The number of aliphatic imine (C=N–C) groups is 2. The summed E-state index contributed by atoms with van der Waals surface area (Å²) in [5.41, 5.74) is 17.0. The Kier molecular flexibility index (Phi) is 7.65. The van der Waals surface area contributed by atoms with Gasteiger partial charge in [0.15, 0.2) is 0 Å². The van der Waals surface area contributed by atoms with Gasteiger partial charge in [0.1, 0.15) is 5.84 Å². The molecule has 6 heteroatoms. The lowest BCUT2D eigenvalue weighted by Gasteiger charge is -2.30. The monoisotopic (exact) mass is 354 g/mol. The molecule has 0 bridgehead atoms. The maximum atomic E-state index is 6.14. The van der Waals surface area contributed by atoms with E-state index in [0.717, 1.165) is 22.5 Å². The minimum absolute atomic E-state index is 0.507. The van der Waals surface area contributed by atoms with E-state index in [4.69, 9.17) is 11.5 Å². The zero-order valence-corrected chi connectivity index (χ0v) is 16.5. The van der Waals surface area contributed by atoms with Gasteiger partial charge in [-0.25, -0.2) is 4.99 Å². The van der Waals surface area contributed by atoms with Gasteiger partial charge in [-0.2, -0.15) is 0 Å². The third-order valence-corrected chi connectivity index (χ3v) is 4.10. The zero-order chi connectivity index (χ0) is 19.9. The minimum Gasteiger partial charge on any atom is -0.404 e. The molecular formula is C20H30N6. The smallest absolute Gasteiger partial charge is 0.149 e. The molecule has 4 N–H and O–H groups in total. The highest BCUT2D eigenvalue weighted by Gasteiger charge is 2.16. The fourth-order valence-corrected chi connectivity index (χ4v) is 2.45. The normalized spacial score (nSPS) is 17.1. The molecule has 1 aliphatic heterocycles. The molecule has 0 amide bonds. The Hall–Kier alpha value is -3.02. The summed E-state index contributed by atoms with van der Waals surface area (Å²) in [6.07, 6.45) is 8.86. The van der Waals surface area contributed by atoms with Crippen LogP contribution in [0.15, 0.2) is 82.0 Å². The predicted octanol–water partition coefficient (Wildman–Crippen LogP) is 2.53. The second kappa shape index (κ2) is 9.46. The van der Waals surface area contributed by atoms with Crippen LogP contribution in [0.2, 0.25) is 0 Å². The third kappa shape index (κ3) is 5.24. The molecular weight excluding hydrogens is 324 g/mol. The van der Waals surface area contributed by atoms with Crippen LogP contribution < -0.4 is 11.5 Å². The van der Waals surface area contributed by atoms with Gasteiger partial charge in [0.2, 0.25) is 0 Å². The molecule has 6 nitrogen and oxygen atoms in total. The van der Waals surface area contributed by atoms with Crippen molar-refractivity contribution in [2.75, 3.05) is 27.7 Å². The topological polar surface area (TPSA) is 83.2 Å². The average Bonchev–Trinajstić information content (AvgIpc) is 2.60. The molecule has 0 aromatic carbocycles. The summed E-state index contributed by atoms with van der Waals surface area (Å²) in [7, 11) is 5.65. The van der Waals surface area contributed by atoms with Crippen molar-refractivity contribution in [3.05, 3.63) is 72.0 Å². The van der Waals surface area contributed by atoms with Crippen LogP contribution in [-0.4, -0.2) is 49.0 Å². The van der Waals surface area contributed by atoms with Crippen LogP contribution in [-0.2, 0) is 0 Å². The Bertz CT molecular complexity index is 742. The molecule has 140 valence electrons. The van der Waals surface area contributed by atoms with E-state index in [0.29, 0.717) is 23.8 Å². The van der Waals surface area contributed by atoms with Gasteiger partial charge in [-0.3, -0.25) is 4.99 Å². The number of hydrogen-bond donors (Lipinski definition) is 2. The third-order valence-electron chi connectivity index (χ3n) is 4.10. The molecule has 0 saturated carbocycles. The van der Waals surface area contributed by atoms with E-state index in [-0.39, 0.29) is 0 Å². The van der Waals surface area contributed by atoms with Gasteiger partial charge in [-0.05, 0) is 43.8 Å². The van der Waals surface area contributed by atoms with E-state index in [2.05, 4.69) is 34.1 Å². The molecule has 0 unspecified atom stereocenters. The first-order chi connectivity index (χ1) is 12.2. The largest absolute Gasteiger partial charge is 0.404 e. The van der Waals surface area contributed by atoms with Gasteiger partial charge in [0.05, 0.1) is 11.4 Å². The van der Waals surface area contributed by atoms with Gasteiger partial charge < -0.3 is 21.3 Å². The first-order valence-electron chi connectivity index (χ1n) is 8.30. The summed E-state index contributed by atoms with van der Waals surface area (Å²) < 4.78 is 0. The average molecular weight is 355 g/mol. The summed E-state index contributed by atoms with van der Waals surface area (Å²) in [4.78, 5) is 12.7. The van der Waals surface area contributed by atoms with E-state index in [1.54, 1.807) is 19.2 Å². The summed E-state index contributed by atoms with van der Waals surface area (Å²) >= 11 is 0. The fourth-order valence-electron chi connectivity index (χ4n) is 2.45. The maximum absolute atomic E-state index is 6.14. The van der Waals surface area contributed by atoms with Crippen molar-refractivity contribution in [3.8, 4) is 0 Å². The maximum Gasteiger partial charge on any atom is 0.149 e. The van der Waals surface area contributed by atoms with Crippen molar-refractivity contribution < 1.29 is 0 Å². The number of likely N-dealkylation sites (N-methyl/N-ethyl adjacent to an activating group) is 2. The fraction of sp³-hybridized carbons (Fsp3) is 0.300. The first-order valence-corrected chi connectivity index (χ1v) is 8.30. The highest BCUT2D eigenvalue weighted by atomic mass is 15.2. The summed E-state index contributed by atoms with van der Waals surface area (Å²) in [5, 5.41) is 0. The lowest BCUT2D eigenvalue weighted by atomic mass is 10.1. The summed E-state index contributed by atoms with van der Waals surface area (Å²) in [6, 6.07) is 0. The number of amidine groups is 1. The molecule has 0 radical (unpaired) electrons. The quantitative estimate of drug-likeness (QED) is 0.567. The lowest BCUT2D eigenvalue weighted by Crippen LogP contribution is -2.28. The summed E-state index contributed by atoms with van der Waals surface area (Å²) in [5.74, 6) is 0.507. The zero-order valence-electron chi connectivity index (χ0n) is 16.5. The lowest BCUT2D eigenvalue weighted by molar-refractivity contribution is 0.443. The standard InChI is InChI=1S/C20H30N6/c1-8-19(24-20(23-5)9-10-21)18(15(3)22)13-26(7)17-11-14(2)16(4)25(6)12-17/h8-12H,1,4,13,21-22H2,2-3,5-7H3. The first kappa shape index (κ1) is 21.0. The molecule has 0 aliphatic carbocycles. The van der Waals surface area contributed by atoms with Crippen LogP contribution in [0.3, 0.4) is 0 Å². The van der Waals surface area contributed by atoms with Crippen LogP contribution >= 0.6 is 0 Å². The molecule has 0 saturated heterocycles. The van der Waals surface area contributed by atoms with Gasteiger partial charge >= 0.3 is 0 Å². The van der Waals surface area contributed by atoms with Crippen LogP contribution in [0.25, 0.3) is 0 Å². The Balaban J connectivity index is 3.18. The molecule has 0 atom stereocenters. The van der Waals surface area contributed by atoms with E-state index < -0.39 is 0 Å². The van der Waals surface area contributed by atoms with E-state index in [1.165, 1.54) is 6.20 Å². The van der Waals surface area contributed by atoms with Crippen molar-refractivity contribution >= 4 is 11.5 Å². The van der Waals surface area contributed by atoms with Crippen molar-refractivity contribution in [3.63, 3.8) is 0 Å². The molecule has 0 spiro atoms. The Morgan fingerprint density at radius 3 is 2.54 bits per heavy atom. The van der Waals surface area contributed by atoms with Crippen molar-refractivity contribution in [1.82, 2.24) is 9.80 Å². The summed E-state index contributed by atoms with van der Waals surface area (Å²) in [6.45, 7) is 12.4. The highest BCUT2D eigenvalue weighted by Crippen LogP contribution is 2.23. The van der Waals surface area contributed by atoms with Gasteiger partial charge in [0, 0.05) is 50.9 Å². The van der Waals surface area contributed by atoms with Crippen molar-refractivity contribution in [1.29, 1.82) is 0 Å². The SMILES string of the molecule is C=CC(=NC(C=CN)=NC)C(CN(C)C1=CN(C)C(=C)C(C)=C1)=C(C)N. The Morgan fingerprint density at radius 2 is 2.08 bits per heavy atom. The Morgan fingerprint density at radius 1 is 1.42 bits per heavy atom. The van der Waals surface area contributed by atoms with Gasteiger partial charge in [0.25, 0.3) is 0 Å². The highest BCUT2D eigenvalue weighted by molar-refractivity contribution is 6.15. The van der Waals surface area contributed by atoms with Crippen LogP contribution in [0, 0.1) is 0 Å². The molecule has 0 aromatic rings. The number of nitrogens with zero attached hydrogens (tertiary/aromatic N) is 4. The Labute approximate surface area is 157 Å². The van der Waals surface area contributed by atoms with E-state index in [1.807, 2.05) is 39.0 Å². The van der Waals surface area contributed by atoms with Gasteiger partial charge in [-0.15, -0.1) is 0 Å². The number of nitrogens with two attached hydrogens (primary N) is 2. The second-order valence-corrected chi connectivity index (χ2v) is 6.10. The van der Waals surface area contributed by atoms with Crippen LogP contribution in [0.1, 0.15) is 13.8 Å². The van der Waals surface area contributed by atoms with E-state index in [9.17, 15) is 0 Å². The van der Waals surface area contributed by atoms with E-state index >= 15 is 0 Å².